The molecule has 0 rings (SSSR count). The Morgan fingerprint density at radius 1 is 0.500 bits per heavy atom. The first-order valence-corrected chi connectivity index (χ1v) is 11.0. The number of rotatable bonds is 19. The molecule has 0 aliphatic rings. The van der Waals surface area contributed by atoms with Gasteiger partial charge in [-0.05, 0) is 12.3 Å². The fourth-order valence-electron chi connectivity index (χ4n) is 3.32. The van der Waals surface area contributed by atoms with Crippen LogP contribution in [0.1, 0.15) is 123 Å². The molecule has 0 saturated heterocycles. The Morgan fingerprint density at radius 2 is 0.792 bits per heavy atom. The fraction of sp³-hybridized carbons (Fsp3) is 1.00. The van der Waals surface area contributed by atoms with Crippen molar-refractivity contribution in [3.8, 4) is 0 Å². The van der Waals surface area contributed by atoms with Gasteiger partial charge in [-0.2, -0.15) is 0 Å². The van der Waals surface area contributed by atoms with Gasteiger partial charge in [0, 0.05) is 0 Å². The Morgan fingerprint density at radius 3 is 1.08 bits per heavy atom. The van der Waals surface area contributed by atoms with Crippen LogP contribution in [0.25, 0.3) is 0 Å². The van der Waals surface area contributed by atoms with Crippen molar-refractivity contribution in [2.24, 2.45) is 5.92 Å². The molecule has 0 bridgehead atoms. The van der Waals surface area contributed by atoms with Crippen molar-refractivity contribution in [2.75, 3.05) is 6.61 Å². The van der Waals surface area contributed by atoms with Crippen molar-refractivity contribution in [1.82, 2.24) is 0 Å². The standard InChI is InChI=1S/C22H46O2/c1-21(2)18-16-14-12-10-8-6-4-3-5-7-9-11-13-15-17-19-22(24)20-23/h21-24H,3-20H2,1-2H3/t22-/m0/s1. The molecule has 0 aromatic carbocycles. The van der Waals surface area contributed by atoms with E-state index in [1.165, 1.54) is 96.3 Å². The molecule has 2 heteroatoms. The summed E-state index contributed by atoms with van der Waals surface area (Å²) in [7, 11) is 0. The Hall–Kier alpha value is -0.0800. The van der Waals surface area contributed by atoms with Crippen LogP contribution >= 0.6 is 0 Å². The first-order chi connectivity index (χ1) is 11.7. The topological polar surface area (TPSA) is 40.5 Å². The van der Waals surface area contributed by atoms with Crippen LogP contribution in [0.15, 0.2) is 0 Å². The highest BCUT2D eigenvalue weighted by atomic mass is 16.3. The highest BCUT2D eigenvalue weighted by Gasteiger charge is 2.00. The highest BCUT2D eigenvalue weighted by molar-refractivity contribution is 4.54. The van der Waals surface area contributed by atoms with E-state index in [-0.39, 0.29) is 6.61 Å². The molecule has 0 unspecified atom stereocenters. The number of unbranched alkanes of at least 4 members (excludes halogenated alkanes) is 14. The van der Waals surface area contributed by atoms with Crippen molar-refractivity contribution >= 4 is 0 Å². The number of aliphatic hydroxyl groups is 2. The Kier molecular flexibility index (Phi) is 19.2. The lowest BCUT2D eigenvalue weighted by Gasteiger charge is -2.06. The summed E-state index contributed by atoms with van der Waals surface area (Å²) in [6.07, 6.45) is 22.3. The highest BCUT2D eigenvalue weighted by Crippen LogP contribution is 2.15. The zero-order valence-electron chi connectivity index (χ0n) is 16.8. The molecule has 2 N–H and O–H groups in total. The summed E-state index contributed by atoms with van der Waals surface area (Å²) >= 11 is 0. The molecule has 24 heavy (non-hydrogen) atoms. The third-order valence-corrected chi connectivity index (χ3v) is 5.03. The SMILES string of the molecule is CC(C)CCCCCCCCCCCCCCCCC[C@H](O)CO. The zero-order valence-corrected chi connectivity index (χ0v) is 16.8. The summed E-state index contributed by atoms with van der Waals surface area (Å²) < 4.78 is 0. The fourth-order valence-corrected chi connectivity index (χ4v) is 3.32. The molecule has 0 amide bonds. The summed E-state index contributed by atoms with van der Waals surface area (Å²) in [5.41, 5.74) is 0. The van der Waals surface area contributed by atoms with E-state index in [0.717, 1.165) is 18.8 Å². The Bertz CT molecular complexity index is 228. The van der Waals surface area contributed by atoms with Crippen LogP contribution < -0.4 is 0 Å². The van der Waals surface area contributed by atoms with E-state index in [0.29, 0.717) is 0 Å². The number of hydrogen-bond donors (Lipinski definition) is 2. The van der Waals surface area contributed by atoms with Crippen molar-refractivity contribution in [3.63, 3.8) is 0 Å². The number of hydrogen-bond acceptors (Lipinski definition) is 2. The summed E-state index contributed by atoms with van der Waals surface area (Å²) in [5, 5.41) is 18.0. The van der Waals surface area contributed by atoms with Gasteiger partial charge in [-0.25, -0.2) is 0 Å². The maximum atomic E-state index is 9.24. The lowest BCUT2D eigenvalue weighted by Crippen LogP contribution is -2.10. The van der Waals surface area contributed by atoms with E-state index in [4.69, 9.17) is 5.11 Å². The summed E-state index contributed by atoms with van der Waals surface area (Å²) in [6.45, 7) is 4.56. The molecular formula is C22H46O2. The lowest BCUT2D eigenvalue weighted by molar-refractivity contribution is 0.0860. The maximum Gasteiger partial charge on any atom is 0.0770 e. The smallest absolute Gasteiger partial charge is 0.0770 e. The monoisotopic (exact) mass is 342 g/mol. The first kappa shape index (κ1) is 23.9. The molecule has 2 nitrogen and oxygen atoms in total. The van der Waals surface area contributed by atoms with Crippen LogP contribution in [0.5, 0.6) is 0 Å². The van der Waals surface area contributed by atoms with Gasteiger partial charge in [-0.1, -0.05) is 117 Å². The molecule has 146 valence electrons. The zero-order chi connectivity index (χ0) is 17.9. The van der Waals surface area contributed by atoms with Crippen LogP contribution in [0.4, 0.5) is 0 Å². The van der Waals surface area contributed by atoms with E-state index in [1.54, 1.807) is 0 Å². The minimum absolute atomic E-state index is 0.0852. The Balaban J connectivity index is 3.00. The second-order valence-corrected chi connectivity index (χ2v) is 8.11. The van der Waals surface area contributed by atoms with Crippen LogP contribution in [-0.4, -0.2) is 22.9 Å². The summed E-state index contributed by atoms with van der Waals surface area (Å²) in [4.78, 5) is 0. The molecule has 0 aromatic rings. The predicted molar refractivity (Wildman–Crippen MR) is 106 cm³/mol. The molecule has 1 atom stereocenters. The van der Waals surface area contributed by atoms with Gasteiger partial charge in [0.1, 0.15) is 0 Å². The molecule has 0 saturated carbocycles. The average Bonchev–Trinajstić information content (AvgIpc) is 2.57. The summed E-state index contributed by atoms with van der Waals surface area (Å²) in [5.74, 6) is 0.879. The van der Waals surface area contributed by atoms with Gasteiger partial charge in [0.25, 0.3) is 0 Å². The van der Waals surface area contributed by atoms with Gasteiger partial charge >= 0.3 is 0 Å². The molecule has 0 aromatic heterocycles. The molecule has 0 fully saturated rings. The van der Waals surface area contributed by atoms with Crippen molar-refractivity contribution in [3.05, 3.63) is 0 Å². The molecule has 0 spiro atoms. The third-order valence-electron chi connectivity index (χ3n) is 5.03. The maximum absolute atomic E-state index is 9.24. The van der Waals surface area contributed by atoms with Crippen LogP contribution in [0.3, 0.4) is 0 Å². The molecule has 0 aliphatic heterocycles. The largest absolute Gasteiger partial charge is 0.394 e. The van der Waals surface area contributed by atoms with Gasteiger partial charge in [-0.3, -0.25) is 0 Å². The normalized spacial score (nSPS) is 12.9. The molecule has 0 aliphatic carbocycles. The van der Waals surface area contributed by atoms with Gasteiger partial charge in [-0.15, -0.1) is 0 Å². The first-order valence-electron chi connectivity index (χ1n) is 11.0. The molecule has 0 heterocycles. The van der Waals surface area contributed by atoms with Crippen LogP contribution in [0.2, 0.25) is 0 Å². The molecular weight excluding hydrogens is 296 g/mol. The van der Waals surface area contributed by atoms with E-state index >= 15 is 0 Å². The van der Waals surface area contributed by atoms with Crippen molar-refractivity contribution in [1.29, 1.82) is 0 Å². The third kappa shape index (κ3) is 20.0. The van der Waals surface area contributed by atoms with Crippen molar-refractivity contribution in [2.45, 2.75) is 129 Å². The second-order valence-electron chi connectivity index (χ2n) is 8.11. The quantitative estimate of drug-likeness (QED) is 0.259. The van der Waals surface area contributed by atoms with Gasteiger partial charge in [0.15, 0.2) is 0 Å². The number of aliphatic hydroxyl groups excluding tert-OH is 2. The minimum atomic E-state index is -0.495. The minimum Gasteiger partial charge on any atom is -0.394 e. The average molecular weight is 343 g/mol. The predicted octanol–water partition coefficient (Wildman–Crippen LogP) is 6.63. The van der Waals surface area contributed by atoms with Gasteiger partial charge in [0.05, 0.1) is 12.7 Å². The van der Waals surface area contributed by atoms with E-state index in [2.05, 4.69) is 13.8 Å². The lowest BCUT2D eigenvalue weighted by atomic mass is 10.0. The van der Waals surface area contributed by atoms with Crippen LogP contribution in [-0.2, 0) is 0 Å². The van der Waals surface area contributed by atoms with E-state index in [9.17, 15) is 5.11 Å². The Labute approximate surface area is 152 Å². The van der Waals surface area contributed by atoms with Gasteiger partial charge in [0.2, 0.25) is 0 Å². The van der Waals surface area contributed by atoms with E-state index in [1.807, 2.05) is 0 Å². The van der Waals surface area contributed by atoms with Crippen LogP contribution in [0, 0.1) is 5.92 Å². The second kappa shape index (κ2) is 19.2. The van der Waals surface area contributed by atoms with E-state index < -0.39 is 6.10 Å². The van der Waals surface area contributed by atoms with Crippen molar-refractivity contribution < 1.29 is 10.2 Å². The van der Waals surface area contributed by atoms with Gasteiger partial charge < -0.3 is 10.2 Å². The molecule has 0 radical (unpaired) electrons. The summed E-state index contributed by atoms with van der Waals surface area (Å²) in [6, 6.07) is 0.